The molecule has 5 rings (SSSR count). The van der Waals surface area contributed by atoms with E-state index in [1.165, 1.54) is 44.9 Å². The molecule has 4 bridgehead atoms. The lowest BCUT2D eigenvalue weighted by molar-refractivity contribution is -0.537. The van der Waals surface area contributed by atoms with Gasteiger partial charge in [-0.15, -0.1) is 0 Å². The van der Waals surface area contributed by atoms with Gasteiger partial charge in [0.25, 0.3) is 0 Å². The van der Waals surface area contributed by atoms with Crippen LogP contribution < -0.4 is 0 Å². The summed E-state index contributed by atoms with van der Waals surface area (Å²) in [6.07, 6.45) is 11.9. The van der Waals surface area contributed by atoms with Crippen molar-refractivity contribution < 1.29 is 4.92 Å². The standard InChI is InChI=1S/C17H27NO2/c1-11-2-3-15(7-16(11)18(19)20)17-8-12-4-13(9-17)6-14(5-12)10-17/h11-16H,2-10H2,1H3. The van der Waals surface area contributed by atoms with Gasteiger partial charge in [0, 0.05) is 17.3 Å². The first-order valence-electron chi connectivity index (χ1n) is 8.69. The third kappa shape index (κ3) is 1.92. The van der Waals surface area contributed by atoms with Gasteiger partial charge in [-0.05, 0) is 80.5 Å². The highest BCUT2D eigenvalue weighted by Gasteiger charge is 2.55. The van der Waals surface area contributed by atoms with E-state index in [9.17, 15) is 10.1 Å². The van der Waals surface area contributed by atoms with Crippen LogP contribution in [-0.4, -0.2) is 11.0 Å². The highest BCUT2D eigenvalue weighted by atomic mass is 16.6. The van der Waals surface area contributed by atoms with Gasteiger partial charge in [-0.1, -0.05) is 6.92 Å². The van der Waals surface area contributed by atoms with E-state index >= 15 is 0 Å². The summed E-state index contributed by atoms with van der Waals surface area (Å²) in [5.74, 6) is 3.84. The lowest BCUT2D eigenvalue weighted by Crippen LogP contribution is -2.52. The molecule has 5 aliphatic carbocycles. The van der Waals surface area contributed by atoms with E-state index in [2.05, 4.69) is 6.92 Å². The van der Waals surface area contributed by atoms with Crippen LogP contribution in [0.15, 0.2) is 0 Å². The van der Waals surface area contributed by atoms with Gasteiger partial charge in [0.2, 0.25) is 6.04 Å². The molecule has 20 heavy (non-hydrogen) atoms. The number of nitro groups is 1. The van der Waals surface area contributed by atoms with Crippen molar-refractivity contribution in [1.29, 1.82) is 0 Å². The smallest absolute Gasteiger partial charge is 0.215 e. The van der Waals surface area contributed by atoms with Crippen molar-refractivity contribution in [2.24, 2.45) is 35.0 Å². The van der Waals surface area contributed by atoms with E-state index in [0.717, 1.165) is 30.6 Å². The van der Waals surface area contributed by atoms with Gasteiger partial charge >= 0.3 is 0 Å². The first-order valence-corrected chi connectivity index (χ1v) is 8.69. The summed E-state index contributed by atoms with van der Waals surface area (Å²) in [6.45, 7) is 2.09. The Labute approximate surface area is 121 Å². The van der Waals surface area contributed by atoms with E-state index in [-0.39, 0.29) is 16.9 Å². The Bertz CT molecular complexity index is 384. The molecule has 0 aromatic carbocycles. The molecule has 0 aromatic rings. The number of rotatable bonds is 2. The summed E-state index contributed by atoms with van der Waals surface area (Å²) < 4.78 is 0. The summed E-state index contributed by atoms with van der Waals surface area (Å²) in [5.41, 5.74) is 0.517. The van der Waals surface area contributed by atoms with Crippen LogP contribution in [0.5, 0.6) is 0 Å². The summed E-state index contributed by atoms with van der Waals surface area (Å²) in [5, 5.41) is 11.3. The highest BCUT2D eigenvalue weighted by Crippen LogP contribution is 2.64. The minimum Gasteiger partial charge on any atom is -0.264 e. The molecule has 5 aliphatic rings. The molecule has 3 nitrogen and oxygen atoms in total. The van der Waals surface area contributed by atoms with Crippen molar-refractivity contribution in [2.45, 2.75) is 70.8 Å². The molecule has 0 radical (unpaired) electrons. The average molecular weight is 277 g/mol. The fourth-order valence-electron chi connectivity index (χ4n) is 6.83. The van der Waals surface area contributed by atoms with E-state index in [1.54, 1.807) is 0 Å². The van der Waals surface area contributed by atoms with Crippen molar-refractivity contribution in [2.75, 3.05) is 0 Å². The lowest BCUT2D eigenvalue weighted by atomic mass is 9.45. The molecule has 112 valence electrons. The molecule has 0 amide bonds. The molecule has 3 unspecified atom stereocenters. The number of hydrogen-bond acceptors (Lipinski definition) is 2. The molecule has 0 N–H and O–H groups in total. The molecule has 5 fully saturated rings. The third-order valence-corrected chi connectivity index (χ3v) is 7.38. The van der Waals surface area contributed by atoms with Crippen LogP contribution >= 0.6 is 0 Å². The largest absolute Gasteiger partial charge is 0.264 e. The molecule has 3 atom stereocenters. The second-order valence-corrected chi connectivity index (χ2v) is 8.62. The zero-order valence-electron chi connectivity index (χ0n) is 12.6. The topological polar surface area (TPSA) is 43.1 Å². The van der Waals surface area contributed by atoms with E-state index in [0.29, 0.717) is 11.3 Å². The minimum atomic E-state index is -0.262. The van der Waals surface area contributed by atoms with Crippen LogP contribution in [0.4, 0.5) is 0 Å². The first kappa shape index (κ1) is 13.1. The minimum absolute atomic E-state index is 0.0251. The fraction of sp³-hybridized carbons (Fsp3) is 1.00. The Kier molecular flexibility index (Phi) is 2.91. The lowest BCUT2D eigenvalue weighted by Gasteiger charge is -2.60. The predicted molar refractivity (Wildman–Crippen MR) is 77.9 cm³/mol. The van der Waals surface area contributed by atoms with Crippen LogP contribution in [0.25, 0.3) is 0 Å². The maximum absolute atomic E-state index is 11.3. The maximum atomic E-state index is 11.3. The highest BCUT2D eigenvalue weighted by molar-refractivity contribution is 5.05. The molecular weight excluding hydrogens is 250 g/mol. The van der Waals surface area contributed by atoms with Crippen LogP contribution in [-0.2, 0) is 0 Å². The second kappa shape index (κ2) is 4.45. The number of hydrogen-bond donors (Lipinski definition) is 0. The van der Waals surface area contributed by atoms with Crippen molar-refractivity contribution in [3.8, 4) is 0 Å². The zero-order valence-corrected chi connectivity index (χ0v) is 12.6. The Hall–Kier alpha value is -0.600. The fourth-order valence-corrected chi connectivity index (χ4v) is 6.83. The molecule has 3 heteroatoms. The van der Waals surface area contributed by atoms with Gasteiger partial charge in [0.1, 0.15) is 0 Å². The zero-order chi connectivity index (χ0) is 13.9. The van der Waals surface area contributed by atoms with Crippen LogP contribution in [0.1, 0.15) is 64.7 Å². The Morgan fingerprint density at radius 2 is 1.50 bits per heavy atom. The van der Waals surface area contributed by atoms with E-state index < -0.39 is 0 Å². The van der Waals surface area contributed by atoms with Crippen molar-refractivity contribution >= 4 is 0 Å². The summed E-state index contributed by atoms with van der Waals surface area (Å²) >= 11 is 0. The molecule has 0 saturated heterocycles. The van der Waals surface area contributed by atoms with Gasteiger partial charge in [0.05, 0.1) is 0 Å². The molecule has 0 aromatic heterocycles. The normalized spacial score (nSPS) is 54.0. The van der Waals surface area contributed by atoms with Gasteiger partial charge in [-0.25, -0.2) is 0 Å². The van der Waals surface area contributed by atoms with Gasteiger partial charge in [-0.2, -0.15) is 0 Å². The first-order chi connectivity index (χ1) is 9.56. The monoisotopic (exact) mass is 277 g/mol. The predicted octanol–water partition coefficient (Wildman–Crippen LogP) is 4.28. The second-order valence-electron chi connectivity index (χ2n) is 8.62. The number of nitrogens with zero attached hydrogens (tertiary/aromatic N) is 1. The third-order valence-electron chi connectivity index (χ3n) is 7.38. The summed E-state index contributed by atoms with van der Waals surface area (Å²) in [6, 6.07) is -0.262. The summed E-state index contributed by atoms with van der Waals surface area (Å²) in [7, 11) is 0. The molecule has 0 spiro atoms. The van der Waals surface area contributed by atoms with Crippen LogP contribution in [0.2, 0.25) is 0 Å². The maximum Gasteiger partial charge on any atom is 0.215 e. The van der Waals surface area contributed by atoms with Crippen molar-refractivity contribution in [3.05, 3.63) is 10.1 Å². The van der Waals surface area contributed by atoms with Crippen LogP contribution in [0, 0.1) is 45.1 Å². The van der Waals surface area contributed by atoms with Gasteiger partial charge < -0.3 is 0 Å². The van der Waals surface area contributed by atoms with Crippen molar-refractivity contribution in [3.63, 3.8) is 0 Å². The molecule has 0 heterocycles. The molecular formula is C17H27NO2. The Morgan fingerprint density at radius 1 is 0.950 bits per heavy atom. The SMILES string of the molecule is CC1CCC(C23CC4CC(CC(C4)C2)C3)CC1[N+](=O)[O-]. The van der Waals surface area contributed by atoms with E-state index in [1.807, 2.05) is 0 Å². The van der Waals surface area contributed by atoms with Gasteiger partial charge in [-0.3, -0.25) is 10.1 Å². The van der Waals surface area contributed by atoms with Crippen LogP contribution in [0.3, 0.4) is 0 Å². The summed E-state index contributed by atoms with van der Waals surface area (Å²) in [4.78, 5) is 11.4. The van der Waals surface area contributed by atoms with E-state index in [4.69, 9.17) is 0 Å². The molecule has 5 saturated carbocycles. The van der Waals surface area contributed by atoms with Gasteiger partial charge in [0.15, 0.2) is 0 Å². The quantitative estimate of drug-likeness (QED) is 0.558. The molecule has 0 aliphatic heterocycles. The Balaban J connectivity index is 1.56. The average Bonchev–Trinajstić information content (AvgIpc) is 2.37. The Morgan fingerprint density at radius 3 is 2.00 bits per heavy atom. The van der Waals surface area contributed by atoms with Crippen molar-refractivity contribution in [1.82, 2.24) is 0 Å².